The standard InChI is InChI=1S/C21H22O2/c1-14-3-9-18(10-4-14)22-20-16-7-8-17(13-16)21(20)23-19-11-5-15(2)6-12-19/h3-12,16-17,20-21H,13H2,1-2H3/t16-,17+,20-,21+. The van der Waals surface area contributed by atoms with Crippen molar-refractivity contribution in [1.82, 2.24) is 0 Å². The highest BCUT2D eigenvalue weighted by Gasteiger charge is 2.47. The van der Waals surface area contributed by atoms with Crippen LogP contribution in [0.25, 0.3) is 0 Å². The molecule has 0 heterocycles. The summed E-state index contributed by atoms with van der Waals surface area (Å²) in [7, 11) is 0. The molecule has 2 aromatic carbocycles. The molecule has 0 saturated heterocycles. The van der Waals surface area contributed by atoms with E-state index in [2.05, 4.69) is 50.3 Å². The van der Waals surface area contributed by atoms with Crippen molar-refractivity contribution >= 4 is 0 Å². The molecule has 23 heavy (non-hydrogen) atoms. The molecule has 2 bridgehead atoms. The molecule has 2 aromatic rings. The SMILES string of the molecule is Cc1ccc(O[C@@H]2[C@H](Oc3ccc(C)cc3)[C@@H]3C=C[C@H]2C3)cc1. The van der Waals surface area contributed by atoms with E-state index in [9.17, 15) is 0 Å². The van der Waals surface area contributed by atoms with Crippen LogP contribution in [0.3, 0.4) is 0 Å². The van der Waals surface area contributed by atoms with E-state index in [0.717, 1.165) is 17.9 Å². The second-order valence-electron chi connectivity index (χ2n) is 6.74. The van der Waals surface area contributed by atoms with E-state index < -0.39 is 0 Å². The molecule has 0 spiro atoms. The van der Waals surface area contributed by atoms with Gasteiger partial charge in [0.1, 0.15) is 23.7 Å². The molecule has 2 nitrogen and oxygen atoms in total. The van der Waals surface area contributed by atoms with Crippen LogP contribution in [0.5, 0.6) is 11.5 Å². The van der Waals surface area contributed by atoms with Gasteiger partial charge < -0.3 is 9.47 Å². The van der Waals surface area contributed by atoms with Gasteiger partial charge in [0.2, 0.25) is 0 Å². The van der Waals surface area contributed by atoms with Crippen molar-refractivity contribution in [3.63, 3.8) is 0 Å². The van der Waals surface area contributed by atoms with Gasteiger partial charge in [-0.25, -0.2) is 0 Å². The fourth-order valence-electron chi connectivity index (χ4n) is 3.59. The first-order valence-electron chi connectivity index (χ1n) is 8.34. The van der Waals surface area contributed by atoms with Gasteiger partial charge in [-0.05, 0) is 44.5 Å². The van der Waals surface area contributed by atoms with Crippen LogP contribution < -0.4 is 9.47 Å². The molecule has 2 heteroatoms. The van der Waals surface area contributed by atoms with Gasteiger partial charge in [0.05, 0.1) is 0 Å². The van der Waals surface area contributed by atoms with Crippen molar-refractivity contribution in [3.05, 3.63) is 71.8 Å². The molecule has 0 radical (unpaired) electrons. The molecule has 0 N–H and O–H groups in total. The number of benzene rings is 2. The summed E-state index contributed by atoms with van der Waals surface area (Å²) >= 11 is 0. The fraction of sp³-hybridized carbons (Fsp3) is 0.333. The fourth-order valence-corrected chi connectivity index (χ4v) is 3.59. The Balaban J connectivity index is 1.53. The van der Waals surface area contributed by atoms with Gasteiger partial charge in [0, 0.05) is 11.8 Å². The van der Waals surface area contributed by atoms with Crippen molar-refractivity contribution in [2.45, 2.75) is 32.5 Å². The van der Waals surface area contributed by atoms with E-state index in [1.54, 1.807) is 0 Å². The quantitative estimate of drug-likeness (QED) is 0.762. The average molecular weight is 306 g/mol. The molecule has 2 aliphatic carbocycles. The largest absolute Gasteiger partial charge is 0.486 e. The Bertz CT molecular complexity index is 638. The van der Waals surface area contributed by atoms with Gasteiger partial charge in [0.25, 0.3) is 0 Å². The third-order valence-corrected chi connectivity index (χ3v) is 4.90. The van der Waals surface area contributed by atoms with Crippen LogP contribution >= 0.6 is 0 Å². The zero-order valence-corrected chi connectivity index (χ0v) is 13.6. The van der Waals surface area contributed by atoms with Crippen molar-refractivity contribution in [2.24, 2.45) is 11.8 Å². The topological polar surface area (TPSA) is 18.5 Å². The van der Waals surface area contributed by atoms with Gasteiger partial charge >= 0.3 is 0 Å². The third kappa shape index (κ3) is 2.86. The molecule has 0 amide bonds. The summed E-state index contributed by atoms with van der Waals surface area (Å²) in [6, 6.07) is 16.6. The Morgan fingerprint density at radius 3 is 1.43 bits per heavy atom. The first-order valence-corrected chi connectivity index (χ1v) is 8.34. The zero-order chi connectivity index (χ0) is 15.8. The Morgan fingerprint density at radius 1 is 0.652 bits per heavy atom. The monoisotopic (exact) mass is 306 g/mol. The number of hydrogen-bond acceptors (Lipinski definition) is 2. The number of aryl methyl sites for hydroxylation is 2. The van der Waals surface area contributed by atoms with Crippen LogP contribution in [0.2, 0.25) is 0 Å². The minimum Gasteiger partial charge on any atom is -0.486 e. The van der Waals surface area contributed by atoms with E-state index in [1.165, 1.54) is 11.1 Å². The Kier molecular flexibility index (Phi) is 3.60. The van der Waals surface area contributed by atoms with Crippen molar-refractivity contribution in [3.8, 4) is 11.5 Å². The molecular weight excluding hydrogens is 284 g/mol. The van der Waals surface area contributed by atoms with Gasteiger partial charge in [-0.3, -0.25) is 0 Å². The summed E-state index contributed by atoms with van der Waals surface area (Å²) in [6.45, 7) is 4.18. The van der Waals surface area contributed by atoms with Gasteiger partial charge in [-0.1, -0.05) is 47.5 Å². The highest BCUT2D eigenvalue weighted by atomic mass is 16.5. The maximum absolute atomic E-state index is 6.30. The molecule has 0 aromatic heterocycles. The summed E-state index contributed by atoms with van der Waals surface area (Å²) < 4.78 is 12.6. The van der Waals surface area contributed by atoms with Crippen LogP contribution in [0.1, 0.15) is 17.5 Å². The summed E-state index contributed by atoms with van der Waals surface area (Å²) in [6.07, 6.45) is 5.90. The highest BCUT2D eigenvalue weighted by molar-refractivity contribution is 5.30. The molecule has 2 aliphatic rings. The van der Waals surface area contributed by atoms with E-state index >= 15 is 0 Å². The van der Waals surface area contributed by atoms with Crippen LogP contribution in [0, 0.1) is 25.7 Å². The van der Waals surface area contributed by atoms with Crippen molar-refractivity contribution in [1.29, 1.82) is 0 Å². The summed E-state index contributed by atoms with van der Waals surface area (Å²) in [5, 5.41) is 0. The first-order chi connectivity index (χ1) is 11.2. The Labute approximate surface area is 137 Å². The number of hydrogen-bond donors (Lipinski definition) is 0. The van der Waals surface area contributed by atoms with Crippen LogP contribution in [0.4, 0.5) is 0 Å². The minimum atomic E-state index is 0.0917. The second-order valence-corrected chi connectivity index (χ2v) is 6.74. The van der Waals surface area contributed by atoms with E-state index in [0.29, 0.717) is 11.8 Å². The maximum Gasteiger partial charge on any atom is 0.142 e. The average Bonchev–Trinajstić information content (AvgIpc) is 3.14. The normalized spacial score (nSPS) is 28.1. The van der Waals surface area contributed by atoms with Gasteiger partial charge in [-0.2, -0.15) is 0 Å². The molecule has 0 aliphatic heterocycles. The number of fused-ring (bicyclic) bond motifs is 2. The smallest absolute Gasteiger partial charge is 0.142 e. The lowest BCUT2D eigenvalue weighted by Gasteiger charge is -2.29. The maximum atomic E-state index is 6.30. The lowest BCUT2D eigenvalue weighted by Crippen LogP contribution is -2.39. The number of rotatable bonds is 4. The predicted molar refractivity (Wildman–Crippen MR) is 91.9 cm³/mol. The second kappa shape index (κ2) is 5.77. The van der Waals surface area contributed by atoms with Gasteiger partial charge in [0.15, 0.2) is 0 Å². The number of ether oxygens (including phenoxy) is 2. The van der Waals surface area contributed by atoms with Crippen LogP contribution in [-0.4, -0.2) is 12.2 Å². The third-order valence-electron chi connectivity index (χ3n) is 4.90. The zero-order valence-electron chi connectivity index (χ0n) is 13.6. The van der Waals surface area contributed by atoms with E-state index in [-0.39, 0.29) is 12.2 Å². The highest BCUT2D eigenvalue weighted by Crippen LogP contribution is 2.43. The molecule has 4 atom stereocenters. The van der Waals surface area contributed by atoms with Crippen LogP contribution in [0.15, 0.2) is 60.7 Å². The molecule has 118 valence electrons. The summed E-state index contributed by atoms with van der Waals surface area (Å²) in [5.74, 6) is 2.77. The van der Waals surface area contributed by atoms with Crippen molar-refractivity contribution < 1.29 is 9.47 Å². The summed E-state index contributed by atoms with van der Waals surface area (Å²) in [4.78, 5) is 0. The predicted octanol–water partition coefficient (Wildman–Crippen LogP) is 4.70. The van der Waals surface area contributed by atoms with E-state index in [1.807, 2.05) is 24.3 Å². The Morgan fingerprint density at radius 2 is 1.04 bits per heavy atom. The van der Waals surface area contributed by atoms with Crippen molar-refractivity contribution in [2.75, 3.05) is 0 Å². The lowest BCUT2D eigenvalue weighted by molar-refractivity contribution is 0.0469. The molecule has 1 fully saturated rings. The molecule has 4 rings (SSSR count). The molecule has 0 unspecified atom stereocenters. The Hall–Kier alpha value is -2.22. The lowest BCUT2D eigenvalue weighted by atomic mass is 10.0. The van der Waals surface area contributed by atoms with Gasteiger partial charge in [-0.15, -0.1) is 0 Å². The molecule has 1 saturated carbocycles. The van der Waals surface area contributed by atoms with Crippen LogP contribution in [-0.2, 0) is 0 Å². The minimum absolute atomic E-state index is 0.0917. The first kappa shape index (κ1) is 14.4. The molecular formula is C21H22O2. The summed E-state index contributed by atoms with van der Waals surface area (Å²) in [5.41, 5.74) is 2.50. The van der Waals surface area contributed by atoms with E-state index in [4.69, 9.17) is 9.47 Å².